The number of benzene rings is 1. The first kappa shape index (κ1) is 14.4. The molecule has 2 rings (SSSR count). The van der Waals surface area contributed by atoms with E-state index in [0.717, 1.165) is 45.1 Å². The van der Waals surface area contributed by atoms with Gasteiger partial charge in [0.05, 0.1) is 6.61 Å². The zero-order chi connectivity index (χ0) is 13.4. The fourth-order valence-corrected chi connectivity index (χ4v) is 2.34. The average Bonchev–Trinajstić information content (AvgIpc) is 2.44. The van der Waals surface area contributed by atoms with E-state index in [1.165, 1.54) is 12.8 Å². The van der Waals surface area contributed by atoms with Crippen LogP contribution in [0.15, 0.2) is 30.3 Å². The zero-order valence-electron chi connectivity index (χ0n) is 11.9. The van der Waals surface area contributed by atoms with Crippen molar-refractivity contribution in [2.24, 2.45) is 5.41 Å². The molecule has 0 spiro atoms. The maximum absolute atomic E-state index is 5.66. The predicted molar refractivity (Wildman–Crippen MR) is 77.6 cm³/mol. The first-order valence-corrected chi connectivity index (χ1v) is 7.25. The SMILES string of the molecule is CC1(CNCCCOc2ccccc2)CCOCC1. The Kier molecular flexibility index (Phi) is 5.67. The van der Waals surface area contributed by atoms with Crippen molar-refractivity contribution in [2.45, 2.75) is 26.2 Å². The molecule has 1 saturated heterocycles. The highest BCUT2D eigenvalue weighted by atomic mass is 16.5. The molecule has 0 bridgehead atoms. The van der Waals surface area contributed by atoms with Crippen molar-refractivity contribution in [2.75, 3.05) is 32.9 Å². The fourth-order valence-electron chi connectivity index (χ4n) is 2.34. The van der Waals surface area contributed by atoms with Gasteiger partial charge in [-0.2, -0.15) is 0 Å². The van der Waals surface area contributed by atoms with Crippen molar-refractivity contribution in [3.8, 4) is 5.75 Å². The van der Waals surface area contributed by atoms with E-state index in [1.54, 1.807) is 0 Å². The lowest BCUT2D eigenvalue weighted by molar-refractivity contribution is 0.0241. The van der Waals surface area contributed by atoms with Crippen LogP contribution in [0.4, 0.5) is 0 Å². The monoisotopic (exact) mass is 263 g/mol. The highest BCUT2D eigenvalue weighted by molar-refractivity contribution is 5.20. The van der Waals surface area contributed by atoms with E-state index in [-0.39, 0.29) is 0 Å². The van der Waals surface area contributed by atoms with Crippen molar-refractivity contribution in [3.63, 3.8) is 0 Å². The number of hydrogen-bond acceptors (Lipinski definition) is 3. The van der Waals surface area contributed by atoms with Crippen molar-refractivity contribution in [1.82, 2.24) is 5.32 Å². The molecule has 1 aliphatic rings. The topological polar surface area (TPSA) is 30.5 Å². The van der Waals surface area contributed by atoms with Gasteiger partial charge in [-0.15, -0.1) is 0 Å². The van der Waals surface area contributed by atoms with Gasteiger partial charge in [0.25, 0.3) is 0 Å². The van der Waals surface area contributed by atoms with Gasteiger partial charge >= 0.3 is 0 Å². The van der Waals surface area contributed by atoms with E-state index in [9.17, 15) is 0 Å². The Labute approximate surface area is 116 Å². The fraction of sp³-hybridized carbons (Fsp3) is 0.625. The third-order valence-corrected chi connectivity index (χ3v) is 3.76. The third kappa shape index (κ3) is 5.21. The van der Waals surface area contributed by atoms with Gasteiger partial charge < -0.3 is 14.8 Å². The molecule has 0 radical (unpaired) electrons. The second kappa shape index (κ2) is 7.51. The minimum atomic E-state index is 0.415. The van der Waals surface area contributed by atoms with Crippen LogP contribution < -0.4 is 10.1 Å². The van der Waals surface area contributed by atoms with Crippen LogP contribution in [0.1, 0.15) is 26.2 Å². The molecule has 1 fully saturated rings. The molecule has 19 heavy (non-hydrogen) atoms. The van der Waals surface area contributed by atoms with Crippen LogP contribution in [0, 0.1) is 5.41 Å². The molecule has 0 unspecified atom stereocenters. The Balaban J connectivity index is 1.52. The minimum Gasteiger partial charge on any atom is -0.494 e. The second-order valence-electron chi connectivity index (χ2n) is 5.61. The molecule has 0 amide bonds. The molecule has 0 aromatic heterocycles. The summed E-state index contributed by atoms with van der Waals surface area (Å²) in [5, 5.41) is 3.55. The normalized spacial score (nSPS) is 18.2. The first-order valence-electron chi connectivity index (χ1n) is 7.25. The largest absolute Gasteiger partial charge is 0.494 e. The highest BCUT2D eigenvalue weighted by Gasteiger charge is 2.26. The zero-order valence-corrected chi connectivity index (χ0v) is 11.9. The van der Waals surface area contributed by atoms with Gasteiger partial charge in [-0.1, -0.05) is 25.1 Å². The van der Waals surface area contributed by atoms with Gasteiger partial charge in [0.2, 0.25) is 0 Å². The van der Waals surface area contributed by atoms with Crippen LogP contribution in [0.2, 0.25) is 0 Å². The summed E-state index contributed by atoms with van der Waals surface area (Å²) in [5.74, 6) is 0.957. The molecule has 0 atom stereocenters. The van der Waals surface area contributed by atoms with Gasteiger partial charge in [-0.05, 0) is 43.4 Å². The molecule has 3 nitrogen and oxygen atoms in total. The van der Waals surface area contributed by atoms with Crippen molar-refractivity contribution >= 4 is 0 Å². The molecule has 1 N–H and O–H groups in total. The molecular formula is C16H25NO2. The summed E-state index contributed by atoms with van der Waals surface area (Å²) in [4.78, 5) is 0. The van der Waals surface area contributed by atoms with Gasteiger partial charge in [0.15, 0.2) is 0 Å². The molecule has 106 valence electrons. The minimum absolute atomic E-state index is 0.415. The highest BCUT2D eigenvalue weighted by Crippen LogP contribution is 2.28. The van der Waals surface area contributed by atoms with E-state index < -0.39 is 0 Å². The van der Waals surface area contributed by atoms with Crippen molar-refractivity contribution in [3.05, 3.63) is 30.3 Å². The molecule has 0 saturated carbocycles. The van der Waals surface area contributed by atoms with Crippen LogP contribution in [-0.2, 0) is 4.74 Å². The van der Waals surface area contributed by atoms with E-state index in [1.807, 2.05) is 30.3 Å². The first-order chi connectivity index (χ1) is 9.29. The average molecular weight is 263 g/mol. The molecule has 1 aliphatic heterocycles. The molecule has 0 aliphatic carbocycles. The second-order valence-corrected chi connectivity index (χ2v) is 5.61. The van der Waals surface area contributed by atoms with Crippen LogP contribution in [-0.4, -0.2) is 32.9 Å². The number of para-hydroxylation sites is 1. The molecule has 1 aromatic carbocycles. The molecule has 3 heteroatoms. The Hall–Kier alpha value is -1.06. The quantitative estimate of drug-likeness (QED) is 0.767. The van der Waals surface area contributed by atoms with E-state index in [4.69, 9.17) is 9.47 Å². The smallest absolute Gasteiger partial charge is 0.119 e. The molecular weight excluding hydrogens is 238 g/mol. The van der Waals surface area contributed by atoms with Crippen molar-refractivity contribution in [1.29, 1.82) is 0 Å². The van der Waals surface area contributed by atoms with Gasteiger partial charge in [0.1, 0.15) is 5.75 Å². The summed E-state index contributed by atoms with van der Waals surface area (Å²) in [7, 11) is 0. The van der Waals surface area contributed by atoms with E-state index in [0.29, 0.717) is 5.41 Å². The molecule has 1 aromatic rings. The van der Waals surface area contributed by atoms with E-state index in [2.05, 4.69) is 12.2 Å². The Morgan fingerprint density at radius 1 is 1.21 bits per heavy atom. The summed E-state index contributed by atoms with van der Waals surface area (Å²) < 4.78 is 11.1. The van der Waals surface area contributed by atoms with Gasteiger partial charge in [-0.3, -0.25) is 0 Å². The lowest BCUT2D eigenvalue weighted by Gasteiger charge is -2.33. The number of rotatable bonds is 7. The van der Waals surface area contributed by atoms with Crippen LogP contribution in [0.25, 0.3) is 0 Å². The van der Waals surface area contributed by atoms with Crippen molar-refractivity contribution < 1.29 is 9.47 Å². The summed E-state index contributed by atoms with van der Waals surface area (Å²) in [6.07, 6.45) is 3.38. The van der Waals surface area contributed by atoms with Crippen LogP contribution in [0.3, 0.4) is 0 Å². The summed E-state index contributed by atoms with van der Waals surface area (Å²) in [5.41, 5.74) is 0.415. The number of hydrogen-bond donors (Lipinski definition) is 1. The summed E-state index contributed by atoms with van der Waals surface area (Å²) in [6, 6.07) is 10.00. The standard InChI is InChI=1S/C16H25NO2/c1-16(8-12-18-13-9-16)14-17-10-5-11-19-15-6-3-2-4-7-15/h2-4,6-7,17H,5,8-14H2,1H3. The lowest BCUT2D eigenvalue weighted by Crippen LogP contribution is -2.37. The van der Waals surface area contributed by atoms with Gasteiger partial charge in [-0.25, -0.2) is 0 Å². The lowest BCUT2D eigenvalue weighted by atomic mass is 9.82. The summed E-state index contributed by atoms with van der Waals surface area (Å²) >= 11 is 0. The molecule has 1 heterocycles. The predicted octanol–water partition coefficient (Wildman–Crippen LogP) is 2.86. The van der Waals surface area contributed by atoms with Crippen LogP contribution >= 0.6 is 0 Å². The Morgan fingerprint density at radius 2 is 1.95 bits per heavy atom. The maximum atomic E-state index is 5.66. The Morgan fingerprint density at radius 3 is 2.68 bits per heavy atom. The van der Waals surface area contributed by atoms with Crippen LogP contribution in [0.5, 0.6) is 5.75 Å². The van der Waals surface area contributed by atoms with Gasteiger partial charge in [0, 0.05) is 19.8 Å². The summed E-state index contributed by atoms with van der Waals surface area (Å²) in [6.45, 7) is 7.05. The number of ether oxygens (including phenoxy) is 2. The maximum Gasteiger partial charge on any atom is 0.119 e. The van der Waals surface area contributed by atoms with E-state index >= 15 is 0 Å². The third-order valence-electron chi connectivity index (χ3n) is 3.76. The number of nitrogens with one attached hydrogen (secondary N) is 1. The Bertz CT molecular complexity index is 347.